The number of nitrogens with zero attached hydrogens (tertiary/aromatic N) is 2. The van der Waals surface area contributed by atoms with Crippen molar-refractivity contribution in [3.05, 3.63) is 33.9 Å². The molecule has 1 fully saturated rings. The standard InChI is InChI=1S/C14H21N3O2/c1-3-15-13-5-4-12(8-14(13)17(18)19)10-16-7-6-11(2)9-16/h4-5,8,11,15H,3,6-7,9-10H2,1-2H3. The van der Waals surface area contributed by atoms with Crippen LogP contribution in [0, 0.1) is 16.0 Å². The molecule has 1 atom stereocenters. The van der Waals surface area contributed by atoms with Gasteiger partial charge in [0.25, 0.3) is 5.69 Å². The van der Waals surface area contributed by atoms with Gasteiger partial charge in [-0.15, -0.1) is 0 Å². The number of likely N-dealkylation sites (tertiary alicyclic amines) is 1. The molecule has 0 radical (unpaired) electrons. The minimum absolute atomic E-state index is 0.173. The monoisotopic (exact) mass is 263 g/mol. The Labute approximate surface area is 113 Å². The van der Waals surface area contributed by atoms with E-state index >= 15 is 0 Å². The maximum absolute atomic E-state index is 11.1. The molecule has 1 saturated heterocycles. The number of anilines is 1. The van der Waals surface area contributed by atoms with Crippen LogP contribution in [0.2, 0.25) is 0 Å². The molecule has 1 unspecified atom stereocenters. The quantitative estimate of drug-likeness (QED) is 0.655. The number of nitro benzene ring substituents is 1. The van der Waals surface area contributed by atoms with E-state index in [-0.39, 0.29) is 10.6 Å². The normalized spacial score (nSPS) is 19.6. The van der Waals surface area contributed by atoms with Crippen molar-refractivity contribution in [1.29, 1.82) is 0 Å². The van der Waals surface area contributed by atoms with E-state index in [1.165, 1.54) is 6.42 Å². The van der Waals surface area contributed by atoms with Crippen LogP contribution in [-0.2, 0) is 6.54 Å². The fourth-order valence-electron chi connectivity index (χ4n) is 2.59. The van der Waals surface area contributed by atoms with Gasteiger partial charge < -0.3 is 5.32 Å². The molecular weight excluding hydrogens is 242 g/mol. The highest BCUT2D eigenvalue weighted by molar-refractivity contribution is 5.62. The van der Waals surface area contributed by atoms with Gasteiger partial charge in [-0.05, 0) is 37.4 Å². The minimum atomic E-state index is -0.311. The highest BCUT2D eigenvalue weighted by Crippen LogP contribution is 2.27. The molecule has 0 amide bonds. The second kappa shape index (κ2) is 6.02. The van der Waals surface area contributed by atoms with Gasteiger partial charge >= 0.3 is 0 Å². The van der Waals surface area contributed by atoms with Gasteiger partial charge in [0, 0.05) is 25.7 Å². The van der Waals surface area contributed by atoms with Gasteiger partial charge in [-0.3, -0.25) is 15.0 Å². The summed E-state index contributed by atoms with van der Waals surface area (Å²) >= 11 is 0. The average Bonchev–Trinajstić information content (AvgIpc) is 2.77. The number of hydrogen-bond acceptors (Lipinski definition) is 4. The third-order valence-corrected chi connectivity index (χ3v) is 3.54. The average molecular weight is 263 g/mol. The molecule has 0 aliphatic carbocycles. The van der Waals surface area contributed by atoms with Gasteiger partial charge in [-0.1, -0.05) is 13.0 Å². The molecule has 19 heavy (non-hydrogen) atoms. The van der Waals surface area contributed by atoms with Crippen molar-refractivity contribution in [2.75, 3.05) is 25.0 Å². The highest BCUT2D eigenvalue weighted by atomic mass is 16.6. The van der Waals surface area contributed by atoms with Crippen molar-refractivity contribution in [2.45, 2.75) is 26.8 Å². The summed E-state index contributed by atoms with van der Waals surface area (Å²) in [7, 11) is 0. The van der Waals surface area contributed by atoms with E-state index in [2.05, 4.69) is 17.1 Å². The zero-order valence-electron chi connectivity index (χ0n) is 11.6. The molecule has 5 heteroatoms. The van der Waals surface area contributed by atoms with E-state index in [0.29, 0.717) is 12.2 Å². The largest absolute Gasteiger partial charge is 0.380 e. The van der Waals surface area contributed by atoms with Crippen LogP contribution in [0.15, 0.2) is 18.2 Å². The van der Waals surface area contributed by atoms with Gasteiger partial charge in [-0.25, -0.2) is 0 Å². The Morgan fingerprint density at radius 3 is 2.89 bits per heavy atom. The second-order valence-corrected chi connectivity index (χ2v) is 5.27. The van der Waals surface area contributed by atoms with Crippen LogP contribution in [-0.4, -0.2) is 29.5 Å². The van der Waals surface area contributed by atoms with Crippen molar-refractivity contribution >= 4 is 11.4 Å². The fraction of sp³-hybridized carbons (Fsp3) is 0.571. The SMILES string of the molecule is CCNc1ccc(CN2CCC(C)C2)cc1[N+](=O)[O-]. The molecule has 0 spiro atoms. The minimum Gasteiger partial charge on any atom is -0.380 e. The summed E-state index contributed by atoms with van der Waals surface area (Å²) in [5.41, 5.74) is 1.79. The lowest BCUT2D eigenvalue weighted by Crippen LogP contribution is -2.19. The van der Waals surface area contributed by atoms with Crippen LogP contribution in [0.1, 0.15) is 25.8 Å². The summed E-state index contributed by atoms with van der Waals surface area (Å²) in [6.07, 6.45) is 1.22. The lowest BCUT2D eigenvalue weighted by Gasteiger charge is -2.15. The first-order valence-corrected chi connectivity index (χ1v) is 6.83. The topological polar surface area (TPSA) is 58.4 Å². The summed E-state index contributed by atoms with van der Waals surface area (Å²) in [5, 5.41) is 14.1. The van der Waals surface area contributed by atoms with Crippen LogP contribution in [0.25, 0.3) is 0 Å². The number of rotatable bonds is 5. The van der Waals surface area contributed by atoms with Gasteiger partial charge in [-0.2, -0.15) is 0 Å². The number of nitrogens with one attached hydrogen (secondary N) is 1. The van der Waals surface area contributed by atoms with Gasteiger partial charge in [0.05, 0.1) is 4.92 Å². The van der Waals surface area contributed by atoms with Crippen molar-refractivity contribution in [3.8, 4) is 0 Å². The molecule has 1 aliphatic heterocycles. The summed E-state index contributed by atoms with van der Waals surface area (Å²) < 4.78 is 0. The van der Waals surface area contributed by atoms with Crippen molar-refractivity contribution < 1.29 is 4.92 Å². The van der Waals surface area contributed by atoms with Crippen molar-refractivity contribution in [3.63, 3.8) is 0 Å². The molecular formula is C14H21N3O2. The maximum Gasteiger partial charge on any atom is 0.292 e. The summed E-state index contributed by atoms with van der Waals surface area (Å²) in [6, 6.07) is 5.49. The Kier molecular flexibility index (Phi) is 4.37. The lowest BCUT2D eigenvalue weighted by atomic mass is 10.1. The fourth-order valence-corrected chi connectivity index (χ4v) is 2.59. The number of hydrogen-bond donors (Lipinski definition) is 1. The van der Waals surface area contributed by atoms with Gasteiger partial charge in [0.1, 0.15) is 5.69 Å². The van der Waals surface area contributed by atoms with E-state index in [0.717, 1.165) is 31.1 Å². The Morgan fingerprint density at radius 1 is 1.53 bits per heavy atom. The Bertz CT molecular complexity index is 462. The predicted molar refractivity (Wildman–Crippen MR) is 76.3 cm³/mol. The Hall–Kier alpha value is -1.62. The molecule has 2 rings (SSSR count). The molecule has 1 N–H and O–H groups in total. The first-order chi connectivity index (χ1) is 9.10. The van der Waals surface area contributed by atoms with Crippen LogP contribution in [0.4, 0.5) is 11.4 Å². The zero-order valence-corrected chi connectivity index (χ0v) is 11.6. The first-order valence-electron chi connectivity index (χ1n) is 6.83. The smallest absolute Gasteiger partial charge is 0.292 e. The maximum atomic E-state index is 11.1. The molecule has 0 aromatic heterocycles. The van der Waals surface area contributed by atoms with E-state index in [1.807, 2.05) is 19.1 Å². The van der Waals surface area contributed by atoms with Crippen LogP contribution in [0.5, 0.6) is 0 Å². The lowest BCUT2D eigenvalue weighted by molar-refractivity contribution is -0.384. The second-order valence-electron chi connectivity index (χ2n) is 5.27. The molecule has 5 nitrogen and oxygen atoms in total. The third-order valence-electron chi connectivity index (χ3n) is 3.54. The summed E-state index contributed by atoms with van der Waals surface area (Å²) in [6.45, 7) is 7.84. The third kappa shape index (κ3) is 3.44. The summed E-state index contributed by atoms with van der Waals surface area (Å²) in [4.78, 5) is 13.1. The zero-order chi connectivity index (χ0) is 13.8. The number of nitro groups is 1. The molecule has 1 aromatic carbocycles. The van der Waals surface area contributed by atoms with Gasteiger partial charge in [0.15, 0.2) is 0 Å². The van der Waals surface area contributed by atoms with Crippen LogP contribution >= 0.6 is 0 Å². The van der Waals surface area contributed by atoms with Crippen molar-refractivity contribution in [2.24, 2.45) is 5.92 Å². The van der Waals surface area contributed by atoms with Gasteiger partial charge in [0.2, 0.25) is 0 Å². The summed E-state index contributed by atoms with van der Waals surface area (Å²) in [5.74, 6) is 0.732. The van der Waals surface area contributed by atoms with E-state index in [1.54, 1.807) is 6.07 Å². The van der Waals surface area contributed by atoms with E-state index < -0.39 is 0 Å². The molecule has 1 heterocycles. The molecule has 1 aliphatic rings. The van der Waals surface area contributed by atoms with E-state index in [9.17, 15) is 10.1 Å². The van der Waals surface area contributed by atoms with Crippen molar-refractivity contribution in [1.82, 2.24) is 4.90 Å². The number of benzene rings is 1. The first kappa shape index (κ1) is 13.8. The Balaban J connectivity index is 2.13. The van der Waals surface area contributed by atoms with Crippen LogP contribution in [0.3, 0.4) is 0 Å². The molecule has 0 saturated carbocycles. The Morgan fingerprint density at radius 2 is 2.32 bits per heavy atom. The molecule has 1 aromatic rings. The molecule has 104 valence electrons. The van der Waals surface area contributed by atoms with Crippen LogP contribution < -0.4 is 5.32 Å². The predicted octanol–water partition coefficient (Wildman–Crippen LogP) is 2.87. The molecule has 0 bridgehead atoms. The highest BCUT2D eigenvalue weighted by Gasteiger charge is 2.20. The van der Waals surface area contributed by atoms with E-state index in [4.69, 9.17) is 0 Å².